The number of halogens is 1. The molecule has 1 rings (SSSR count). The molecule has 1 N–H and O–H groups in total. The Morgan fingerprint density at radius 2 is 2.30 bits per heavy atom. The van der Waals surface area contributed by atoms with Crippen LogP contribution in [0.15, 0.2) is 18.3 Å². The van der Waals surface area contributed by atoms with Crippen molar-refractivity contribution >= 4 is 10.2 Å². The van der Waals surface area contributed by atoms with Crippen molar-refractivity contribution in [3.63, 3.8) is 0 Å². The average molecular weight is 163 g/mol. The largest absolute Gasteiger partial charge is 0.364 e. The van der Waals surface area contributed by atoms with Crippen molar-refractivity contribution in [2.24, 2.45) is 0 Å². The smallest absolute Gasteiger partial charge is 0.308 e. The fourth-order valence-corrected chi connectivity index (χ4v) is 1.19. The minimum Gasteiger partial charge on any atom is -0.364 e. The van der Waals surface area contributed by atoms with E-state index in [9.17, 15) is 12.3 Å². The van der Waals surface area contributed by atoms with Gasteiger partial charge in [-0.3, -0.25) is 0 Å². The summed E-state index contributed by atoms with van der Waals surface area (Å²) in [6, 6.07) is 3.12. The molecule has 0 saturated carbocycles. The lowest BCUT2D eigenvalue weighted by Crippen LogP contribution is -1.95. The molecule has 0 fully saturated rings. The molecule has 0 saturated heterocycles. The van der Waals surface area contributed by atoms with Crippen LogP contribution in [0.3, 0.4) is 0 Å². The van der Waals surface area contributed by atoms with E-state index in [0.29, 0.717) is 5.69 Å². The molecule has 0 aliphatic rings. The first kappa shape index (κ1) is 7.27. The molecule has 0 aliphatic heterocycles. The summed E-state index contributed by atoms with van der Waals surface area (Å²) in [5, 5.41) is 0. The molecule has 0 radical (unpaired) electrons. The van der Waals surface area contributed by atoms with E-state index in [1.807, 2.05) is 0 Å². The molecule has 1 aromatic heterocycles. The van der Waals surface area contributed by atoms with E-state index in [1.165, 1.54) is 6.07 Å². The van der Waals surface area contributed by atoms with E-state index in [2.05, 4.69) is 4.98 Å². The molecule has 10 heavy (non-hydrogen) atoms. The topological polar surface area (TPSA) is 49.9 Å². The highest BCUT2D eigenvalue weighted by atomic mass is 32.3. The Balaban J connectivity index is 2.75. The number of hydrogen-bond donors (Lipinski definition) is 1. The molecule has 0 atom stereocenters. The van der Waals surface area contributed by atoms with Crippen LogP contribution in [-0.2, 0) is 16.0 Å². The number of nitrogens with one attached hydrogen (secondary N) is 1. The van der Waals surface area contributed by atoms with E-state index in [0.717, 1.165) is 0 Å². The fourth-order valence-electron chi connectivity index (χ4n) is 0.643. The van der Waals surface area contributed by atoms with Gasteiger partial charge in [0.05, 0.1) is 0 Å². The SMILES string of the molecule is O=S(=O)(F)Cc1ccc[nH]1. The molecule has 5 heteroatoms. The highest BCUT2D eigenvalue weighted by Crippen LogP contribution is 2.03. The average Bonchev–Trinajstić information content (AvgIpc) is 2.12. The first-order chi connectivity index (χ1) is 4.58. The van der Waals surface area contributed by atoms with Crippen LogP contribution in [0.2, 0.25) is 0 Å². The molecular formula is C5H6FNO2S. The Morgan fingerprint density at radius 3 is 2.70 bits per heavy atom. The van der Waals surface area contributed by atoms with Gasteiger partial charge in [0.25, 0.3) is 0 Å². The van der Waals surface area contributed by atoms with E-state index in [4.69, 9.17) is 0 Å². The molecule has 0 spiro atoms. The van der Waals surface area contributed by atoms with Crippen LogP contribution in [0.5, 0.6) is 0 Å². The summed E-state index contributed by atoms with van der Waals surface area (Å²) in [5.41, 5.74) is 0.363. The summed E-state index contributed by atoms with van der Waals surface area (Å²) in [5.74, 6) is -0.569. The van der Waals surface area contributed by atoms with Gasteiger partial charge >= 0.3 is 10.2 Å². The van der Waals surface area contributed by atoms with Crippen molar-refractivity contribution in [1.29, 1.82) is 0 Å². The number of rotatable bonds is 2. The zero-order valence-corrected chi connectivity index (χ0v) is 5.86. The van der Waals surface area contributed by atoms with Gasteiger partial charge in [-0.1, -0.05) is 0 Å². The highest BCUT2D eigenvalue weighted by molar-refractivity contribution is 7.85. The third kappa shape index (κ3) is 2.18. The Morgan fingerprint density at radius 1 is 1.60 bits per heavy atom. The standard InChI is InChI=1S/C5H6FNO2S/c6-10(8,9)4-5-2-1-3-7-5/h1-3,7H,4H2. The second-order valence-corrected chi connectivity index (χ2v) is 3.24. The number of H-pyrrole nitrogens is 1. The van der Waals surface area contributed by atoms with Gasteiger partial charge in [-0.05, 0) is 12.1 Å². The summed E-state index contributed by atoms with van der Waals surface area (Å²) >= 11 is 0. The van der Waals surface area contributed by atoms with Crippen molar-refractivity contribution in [3.05, 3.63) is 24.0 Å². The van der Waals surface area contributed by atoms with Gasteiger partial charge in [0.1, 0.15) is 5.75 Å². The molecule has 0 bridgehead atoms. The van der Waals surface area contributed by atoms with Gasteiger partial charge in [-0.25, -0.2) is 0 Å². The Bertz CT molecular complexity index is 289. The quantitative estimate of drug-likeness (QED) is 0.656. The lowest BCUT2D eigenvalue weighted by molar-refractivity contribution is 0.550. The van der Waals surface area contributed by atoms with Gasteiger partial charge in [-0.2, -0.15) is 8.42 Å². The van der Waals surface area contributed by atoms with Crippen molar-refractivity contribution in [2.75, 3.05) is 0 Å². The maximum Gasteiger partial charge on any atom is 0.308 e. The molecule has 0 aliphatic carbocycles. The van der Waals surface area contributed by atoms with Crippen LogP contribution in [-0.4, -0.2) is 13.4 Å². The molecule has 1 aromatic rings. The third-order valence-electron chi connectivity index (χ3n) is 0.990. The zero-order chi connectivity index (χ0) is 7.61. The minimum atomic E-state index is -4.38. The zero-order valence-electron chi connectivity index (χ0n) is 5.04. The lowest BCUT2D eigenvalue weighted by Gasteiger charge is -1.88. The van der Waals surface area contributed by atoms with Crippen LogP contribution in [0.4, 0.5) is 3.89 Å². The Hall–Kier alpha value is -0.840. The highest BCUT2D eigenvalue weighted by Gasteiger charge is 2.07. The summed E-state index contributed by atoms with van der Waals surface area (Å²) in [6.45, 7) is 0. The van der Waals surface area contributed by atoms with Gasteiger partial charge < -0.3 is 4.98 Å². The third-order valence-corrected chi connectivity index (χ3v) is 1.65. The number of aromatic nitrogens is 1. The van der Waals surface area contributed by atoms with Crippen molar-refractivity contribution in [3.8, 4) is 0 Å². The van der Waals surface area contributed by atoms with Crippen LogP contribution < -0.4 is 0 Å². The van der Waals surface area contributed by atoms with Gasteiger partial charge in [-0.15, -0.1) is 3.89 Å². The van der Waals surface area contributed by atoms with Crippen LogP contribution >= 0.6 is 0 Å². The molecule has 0 aromatic carbocycles. The normalized spacial score (nSPS) is 11.7. The van der Waals surface area contributed by atoms with Crippen LogP contribution in [0.1, 0.15) is 5.69 Å². The predicted molar refractivity (Wildman–Crippen MR) is 34.5 cm³/mol. The summed E-state index contributed by atoms with van der Waals surface area (Å²) in [7, 11) is -4.38. The van der Waals surface area contributed by atoms with Crippen LogP contribution in [0.25, 0.3) is 0 Å². The fraction of sp³-hybridized carbons (Fsp3) is 0.200. The Kier molecular flexibility index (Phi) is 1.76. The monoisotopic (exact) mass is 163 g/mol. The summed E-state index contributed by atoms with van der Waals surface area (Å²) in [6.07, 6.45) is 1.54. The molecule has 3 nitrogen and oxygen atoms in total. The minimum absolute atomic E-state index is 0.363. The maximum absolute atomic E-state index is 11.9. The van der Waals surface area contributed by atoms with Gasteiger partial charge in [0.2, 0.25) is 0 Å². The molecule has 0 unspecified atom stereocenters. The Labute approximate surface area is 58.1 Å². The number of aromatic amines is 1. The van der Waals surface area contributed by atoms with E-state index < -0.39 is 16.0 Å². The lowest BCUT2D eigenvalue weighted by atomic mass is 10.5. The maximum atomic E-state index is 11.9. The van der Waals surface area contributed by atoms with Gasteiger partial charge in [0.15, 0.2) is 0 Å². The van der Waals surface area contributed by atoms with Crippen molar-refractivity contribution < 1.29 is 12.3 Å². The predicted octanol–water partition coefficient (Wildman–Crippen LogP) is 0.814. The summed E-state index contributed by atoms with van der Waals surface area (Å²) < 4.78 is 31.9. The van der Waals surface area contributed by atoms with E-state index >= 15 is 0 Å². The van der Waals surface area contributed by atoms with E-state index in [1.54, 1.807) is 12.3 Å². The van der Waals surface area contributed by atoms with Gasteiger partial charge in [0, 0.05) is 11.9 Å². The molecule has 56 valence electrons. The van der Waals surface area contributed by atoms with Crippen LogP contribution in [0, 0.1) is 0 Å². The summed E-state index contributed by atoms with van der Waals surface area (Å²) in [4.78, 5) is 2.57. The first-order valence-corrected chi connectivity index (χ1v) is 4.18. The second-order valence-electron chi connectivity index (χ2n) is 1.88. The van der Waals surface area contributed by atoms with Crippen molar-refractivity contribution in [2.45, 2.75) is 5.75 Å². The van der Waals surface area contributed by atoms with E-state index in [-0.39, 0.29) is 0 Å². The molecular weight excluding hydrogens is 157 g/mol. The second kappa shape index (κ2) is 2.42. The molecule has 1 heterocycles. The van der Waals surface area contributed by atoms with Crippen molar-refractivity contribution in [1.82, 2.24) is 4.98 Å². The molecule has 0 amide bonds. The first-order valence-electron chi connectivity index (χ1n) is 2.62. The number of hydrogen-bond acceptors (Lipinski definition) is 2.